The van der Waals surface area contributed by atoms with Crippen LogP contribution in [0.4, 0.5) is 19.1 Å². The van der Waals surface area contributed by atoms with Gasteiger partial charge in [0.1, 0.15) is 5.75 Å². The first-order chi connectivity index (χ1) is 15.5. The first-order valence-corrected chi connectivity index (χ1v) is 10.8. The fourth-order valence-electron chi connectivity index (χ4n) is 4.01. The Kier molecular flexibility index (Phi) is 6.78. The van der Waals surface area contributed by atoms with Gasteiger partial charge in [0.25, 0.3) is 0 Å². The highest BCUT2D eigenvalue weighted by atomic mass is 19.4. The number of anilines is 1. The average molecular weight is 449 g/mol. The largest absolute Gasteiger partial charge is 0.493 e. The zero-order valence-electron chi connectivity index (χ0n) is 17.9. The zero-order chi connectivity index (χ0) is 22.6. The van der Waals surface area contributed by atoms with E-state index >= 15 is 0 Å². The van der Waals surface area contributed by atoms with E-state index in [0.29, 0.717) is 24.3 Å². The molecule has 0 atom stereocenters. The van der Waals surface area contributed by atoms with Crippen molar-refractivity contribution >= 4 is 16.9 Å². The Morgan fingerprint density at radius 1 is 1.16 bits per heavy atom. The third-order valence-corrected chi connectivity index (χ3v) is 5.45. The van der Waals surface area contributed by atoms with Crippen molar-refractivity contribution in [3.05, 3.63) is 41.9 Å². The summed E-state index contributed by atoms with van der Waals surface area (Å²) < 4.78 is 50.5. The van der Waals surface area contributed by atoms with Gasteiger partial charge in [0.15, 0.2) is 11.3 Å². The van der Waals surface area contributed by atoms with Gasteiger partial charge in [-0.3, -0.25) is 4.90 Å². The van der Waals surface area contributed by atoms with Crippen LogP contribution in [0.3, 0.4) is 0 Å². The molecule has 172 valence electrons. The molecule has 3 aromatic rings. The Morgan fingerprint density at radius 3 is 2.72 bits per heavy atom. The van der Waals surface area contributed by atoms with Crippen LogP contribution in [0.1, 0.15) is 37.4 Å². The lowest BCUT2D eigenvalue weighted by Gasteiger charge is -2.35. The van der Waals surface area contributed by atoms with Crippen LogP contribution in [0.25, 0.3) is 11.0 Å². The third-order valence-electron chi connectivity index (χ3n) is 5.45. The number of hydrogen-bond acceptors (Lipinski definition) is 7. The molecule has 4 rings (SSSR count). The quantitative estimate of drug-likeness (QED) is 0.468. The highest BCUT2D eigenvalue weighted by molar-refractivity contribution is 5.85. The monoisotopic (exact) mass is 449 g/mol. The zero-order valence-corrected chi connectivity index (χ0v) is 17.9. The Morgan fingerprint density at radius 2 is 1.97 bits per heavy atom. The molecule has 10 heteroatoms. The molecule has 0 aliphatic carbocycles. The Balaban J connectivity index is 1.36. The van der Waals surface area contributed by atoms with E-state index in [1.54, 1.807) is 24.5 Å². The molecule has 1 saturated heterocycles. The first kappa shape index (κ1) is 22.3. The van der Waals surface area contributed by atoms with Crippen LogP contribution in [-0.4, -0.2) is 52.9 Å². The van der Waals surface area contributed by atoms with Crippen molar-refractivity contribution in [1.82, 2.24) is 20.0 Å². The lowest BCUT2D eigenvalue weighted by atomic mass is 10.0. The van der Waals surface area contributed by atoms with Gasteiger partial charge in [-0.25, -0.2) is 9.97 Å². The molecule has 7 nitrogen and oxygen atoms in total. The standard InChI is InChI=1S/C22H26F3N5O2/c1-2-6-16-18(8-7-17-19(16)32-28-20(17)22(23,24)25)31-14-5-12-29-11-4-13-30(15-29)21-26-9-3-10-27-21/h3,7-10H,2,4-6,11-15H2,1H3. The number of fused-ring (bicyclic) bond motifs is 1. The molecular weight excluding hydrogens is 423 g/mol. The van der Waals surface area contributed by atoms with E-state index in [1.807, 2.05) is 6.92 Å². The van der Waals surface area contributed by atoms with Crippen LogP contribution in [-0.2, 0) is 12.6 Å². The van der Waals surface area contributed by atoms with Crippen LogP contribution in [0.2, 0.25) is 0 Å². The molecule has 3 heterocycles. The van der Waals surface area contributed by atoms with Gasteiger partial charge in [0.2, 0.25) is 5.95 Å². The topological polar surface area (TPSA) is 67.5 Å². The normalized spacial score (nSPS) is 15.4. The summed E-state index contributed by atoms with van der Waals surface area (Å²) in [6.45, 7) is 5.94. The van der Waals surface area contributed by atoms with Gasteiger partial charge in [-0.15, -0.1) is 0 Å². The Labute approximate surface area is 184 Å². The second kappa shape index (κ2) is 9.72. The number of ether oxygens (including phenoxy) is 1. The second-order valence-corrected chi connectivity index (χ2v) is 7.83. The summed E-state index contributed by atoms with van der Waals surface area (Å²) in [6, 6.07) is 4.77. The minimum absolute atomic E-state index is 0.0233. The number of aromatic nitrogens is 3. The molecule has 1 aliphatic rings. The second-order valence-electron chi connectivity index (χ2n) is 7.83. The molecular formula is C22H26F3N5O2. The predicted molar refractivity (Wildman–Crippen MR) is 114 cm³/mol. The van der Waals surface area contributed by atoms with E-state index in [4.69, 9.17) is 9.26 Å². The number of benzene rings is 1. The molecule has 1 aliphatic heterocycles. The van der Waals surface area contributed by atoms with Crippen molar-refractivity contribution in [3.63, 3.8) is 0 Å². The van der Waals surface area contributed by atoms with Crippen LogP contribution in [0.5, 0.6) is 5.75 Å². The van der Waals surface area contributed by atoms with Crippen molar-refractivity contribution in [2.24, 2.45) is 0 Å². The number of rotatable bonds is 8. The van der Waals surface area contributed by atoms with Crippen LogP contribution in [0.15, 0.2) is 35.1 Å². The molecule has 0 N–H and O–H groups in total. The summed E-state index contributed by atoms with van der Waals surface area (Å²) in [5.74, 6) is 1.29. The van der Waals surface area contributed by atoms with Crippen molar-refractivity contribution in [3.8, 4) is 5.75 Å². The summed E-state index contributed by atoms with van der Waals surface area (Å²) in [5, 5.41) is 3.24. The summed E-state index contributed by atoms with van der Waals surface area (Å²) >= 11 is 0. The molecule has 0 radical (unpaired) electrons. The molecule has 2 aromatic heterocycles. The molecule has 0 bridgehead atoms. The van der Waals surface area contributed by atoms with Crippen LogP contribution >= 0.6 is 0 Å². The Bertz CT molecular complexity index is 1030. The van der Waals surface area contributed by atoms with Gasteiger partial charge in [0.05, 0.1) is 18.7 Å². The molecule has 1 aromatic carbocycles. The number of aryl methyl sites for hydroxylation is 1. The van der Waals surface area contributed by atoms with Crippen molar-refractivity contribution in [2.45, 2.75) is 38.8 Å². The van der Waals surface area contributed by atoms with Crippen molar-refractivity contribution < 1.29 is 22.4 Å². The van der Waals surface area contributed by atoms with E-state index in [1.165, 1.54) is 6.07 Å². The van der Waals surface area contributed by atoms with Gasteiger partial charge in [-0.2, -0.15) is 13.2 Å². The maximum absolute atomic E-state index is 13.2. The minimum atomic E-state index is -4.55. The van der Waals surface area contributed by atoms with Crippen LogP contribution in [0, 0.1) is 0 Å². The predicted octanol–water partition coefficient (Wildman–Crippen LogP) is 4.53. The molecule has 1 fully saturated rings. The van der Waals surface area contributed by atoms with Gasteiger partial charge in [-0.1, -0.05) is 18.5 Å². The van der Waals surface area contributed by atoms with E-state index in [-0.39, 0.29) is 11.0 Å². The maximum atomic E-state index is 13.2. The molecule has 32 heavy (non-hydrogen) atoms. The smallest absolute Gasteiger partial charge is 0.437 e. The molecule has 0 amide bonds. The summed E-state index contributed by atoms with van der Waals surface area (Å²) in [4.78, 5) is 13.1. The van der Waals surface area contributed by atoms with Gasteiger partial charge in [-0.05, 0) is 37.5 Å². The van der Waals surface area contributed by atoms with E-state index in [0.717, 1.165) is 51.5 Å². The molecule has 0 saturated carbocycles. The van der Waals surface area contributed by atoms with Gasteiger partial charge < -0.3 is 14.2 Å². The van der Waals surface area contributed by atoms with Gasteiger partial charge in [0, 0.05) is 37.6 Å². The molecule has 0 unspecified atom stereocenters. The van der Waals surface area contributed by atoms with Gasteiger partial charge >= 0.3 is 6.18 Å². The summed E-state index contributed by atoms with van der Waals surface area (Å²) in [6.07, 6.45) is 2.06. The number of hydrogen-bond donors (Lipinski definition) is 0. The van der Waals surface area contributed by atoms with E-state index in [2.05, 4.69) is 24.9 Å². The number of halogens is 3. The summed E-state index contributed by atoms with van der Waals surface area (Å²) in [7, 11) is 0. The van der Waals surface area contributed by atoms with Crippen molar-refractivity contribution in [1.29, 1.82) is 0 Å². The number of nitrogens with zero attached hydrogens (tertiary/aromatic N) is 5. The SMILES string of the molecule is CCCc1c(OCCCN2CCCN(c3ncccn3)C2)ccc2c(C(F)(F)F)noc12. The lowest BCUT2D eigenvalue weighted by molar-refractivity contribution is -0.141. The lowest BCUT2D eigenvalue weighted by Crippen LogP contribution is -2.46. The fourth-order valence-corrected chi connectivity index (χ4v) is 4.01. The Hall–Kier alpha value is -2.88. The maximum Gasteiger partial charge on any atom is 0.437 e. The highest BCUT2D eigenvalue weighted by Gasteiger charge is 2.37. The third kappa shape index (κ3) is 4.95. The number of alkyl halides is 3. The average Bonchev–Trinajstić information content (AvgIpc) is 3.24. The van der Waals surface area contributed by atoms with E-state index < -0.39 is 11.9 Å². The van der Waals surface area contributed by atoms with E-state index in [9.17, 15) is 13.2 Å². The first-order valence-electron chi connectivity index (χ1n) is 10.8. The fraction of sp³-hybridized carbons (Fsp3) is 0.500. The highest BCUT2D eigenvalue weighted by Crippen LogP contribution is 2.38. The van der Waals surface area contributed by atoms with Crippen LogP contribution < -0.4 is 9.64 Å². The van der Waals surface area contributed by atoms with Crippen molar-refractivity contribution in [2.75, 3.05) is 37.8 Å². The molecule has 0 spiro atoms. The minimum Gasteiger partial charge on any atom is -0.493 e. The summed E-state index contributed by atoms with van der Waals surface area (Å²) in [5.41, 5.74) is -0.196.